The molecule has 0 bridgehead atoms. The molecule has 0 unspecified atom stereocenters. The Morgan fingerprint density at radius 2 is 2.00 bits per heavy atom. The van der Waals surface area contributed by atoms with Crippen LogP contribution < -0.4 is 0 Å². The molecule has 1 aliphatic heterocycles. The topological polar surface area (TPSA) is 46.6 Å². The lowest BCUT2D eigenvalue weighted by Gasteiger charge is -2.27. The van der Waals surface area contributed by atoms with Crippen LogP contribution in [0.3, 0.4) is 0 Å². The van der Waals surface area contributed by atoms with Gasteiger partial charge in [-0.3, -0.25) is 4.79 Å². The molecule has 2 rings (SSSR count). The molecule has 1 saturated heterocycles. The molecule has 0 radical (unpaired) electrons. The normalized spacial score (nSPS) is 36.0. The molecule has 84 valence electrons. The van der Waals surface area contributed by atoms with Crippen molar-refractivity contribution in [3.8, 4) is 0 Å². The summed E-state index contributed by atoms with van der Waals surface area (Å²) in [5.41, 5.74) is 0.185. The van der Waals surface area contributed by atoms with E-state index in [2.05, 4.69) is 13.8 Å². The largest absolute Gasteiger partial charge is 0.467 e. The number of amides is 1. The highest BCUT2D eigenvalue weighted by atomic mass is 16.5. The van der Waals surface area contributed by atoms with Crippen molar-refractivity contribution in [1.82, 2.24) is 4.90 Å². The quantitative estimate of drug-likeness (QED) is 0.599. The van der Waals surface area contributed by atoms with Crippen LogP contribution in [0.15, 0.2) is 0 Å². The number of methoxy groups -OCH3 is 1. The molecule has 4 heteroatoms. The SMILES string of the molecule is COC(=O)[C@@H]1[C@@H]2[C@H](CN1C(C)=O)C2(C)C. The number of piperidine rings is 1. The lowest BCUT2D eigenvalue weighted by molar-refractivity contribution is -0.152. The minimum absolute atomic E-state index is 0.0339. The van der Waals surface area contributed by atoms with Gasteiger partial charge < -0.3 is 9.64 Å². The molecule has 1 aliphatic carbocycles. The maximum atomic E-state index is 11.6. The Morgan fingerprint density at radius 3 is 2.47 bits per heavy atom. The van der Waals surface area contributed by atoms with E-state index in [1.165, 1.54) is 14.0 Å². The highest BCUT2D eigenvalue weighted by molar-refractivity contribution is 5.85. The standard InChI is InChI=1S/C11H17NO3/c1-6(13)12-5-7-8(11(7,2)3)9(12)10(14)15-4/h7-9H,5H2,1-4H3/t7-,8-,9-/m0/s1. The summed E-state index contributed by atoms with van der Waals surface area (Å²) in [6.45, 7) is 6.51. The highest BCUT2D eigenvalue weighted by Gasteiger charge is 2.69. The van der Waals surface area contributed by atoms with Gasteiger partial charge in [-0.05, 0) is 11.3 Å². The second kappa shape index (κ2) is 2.97. The van der Waals surface area contributed by atoms with E-state index in [0.717, 1.165) is 0 Å². The summed E-state index contributed by atoms with van der Waals surface area (Å²) in [6.07, 6.45) is 0. The third-order valence-electron chi connectivity index (χ3n) is 4.06. The van der Waals surface area contributed by atoms with E-state index >= 15 is 0 Å². The number of rotatable bonds is 1. The summed E-state index contributed by atoms with van der Waals surface area (Å²) in [4.78, 5) is 24.7. The second-order valence-electron chi connectivity index (χ2n) is 5.09. The zero-order chi connectivity index (χ0) is 11.4. The van der Waals surface area contributed by atoms with Gasteiger partial charge in [0.15, 0.2) is 0 Å². The van der Waals surface area contributed by atoms with Gasteiger partial charge in [0.2, 0.25) is 5.91 Å². The molecule has 1 amide bonds. The minimum atomic E-state index is -0.354. The summed E-state index contributed by atoms with van der Waals surface area (Å²) in [7, 11) is 1.38. The second-order valence-corrected chi connectivity index (χ2v) is 5.09. The highest BCUT2D eigenvalue weighted by Crippen LogP contribution is 2.64. The average molecular weight is 211 g/mol. The predicted molar refractivity (Wildman–Crippen MR) is 54.0 cm³/mol. The number of carbonyl (C=O) groups excluding carboxylic acids is 2. The number of carbonyl (C=O) groups is 2. The van der Waals surface area contributed by atoms with Crippen LogP contribution in [0.1, 0.15) is 20.8 Å². The van der Waals surface area contributed by atoms with Gasteiger partial charge in [-0.2, -0.15) is 0 Å². The number of hydrogen-bond donors (Lipinski definition) is 0. The van der Waals surface area contributed by atoms with Crippen LogP contribution >= 0.6 is 0 Å². The average Bonchev–Trinajstić information content (AvgIpc) is 2.60. The number of esters is 1. The predicted octanol–water partition coefficient (Wildman–Crippen LogP) is 0.662. The molecule has 2 aliphatic rings. The van der Waals surface area contributed by atoms with Gasteiger partial charge in [-0.25, -0.2) is 4.79 Å². The van der Waals surface area contributed by atoms with E-state index in [9.17, 15) is 9.59 Å². The monoisotopic (exact) mass is 211 g/mol. The van der Waals surface area contributed by atoms with Crippen molar-refractivity contribution < 1.29 is 14.3 Å². The van der Waals surface area contributed by atoms with E-state index in [4.69, 9.17) is 4.74 Å². The molecule has 15 heavy (non-hydrogen) atoms. The Balaban J connectivity index is 2.22. The van der Waals surface area contributed by atoms with E-state index in [0.29, 0.717) is 12.5 Å². The van der Waals surface area contributed by atoms with Gasteiger partial charge >= 0.3 is 5.97 Å². The Morgan fingerprint density at radius 1 is 1.40 bits per heavy atom. The molecule has 0 aromatic carbocycles. The fourth-order valence-electron chi connectivity index (χ4n) is 3.00. The number of fused-ring (bicyclic) bond motifs is 1. The van der Waals surface area contributed by atoms with Crippen LogP contribution in [0.2, 0.25) is 0 Å². The van der Waals surface area contributed by atoms with Crippen LogP contribution in [0.5, 0.6) is 0 Å². The minimum Gasteiger partial charge on any atom is -0.467 e. The summed E-state index contributed by atoms with van der Waals surface area (Å²) < 4.78 is 4.77. The third-order valence-corrected chi connectivity index (χ3v) is 4.06. The van der Waals surface area contributed by atoms with Crippen molar-refractivity contribution in [3.63, 3.8) is 0 Å². The maximum Gasteiger partial charge on any atom is 0.328 e. The van der Waals surface area contributed by atoms with Crippen LogP contribution in [0, 0.1) is 17.3 Å². The van der Waals surface area contributed by atoms with E-state index in [1.807, 2.05) is 0 Å². The molecule has 3 atom stereocenters. The number of likely N-dealkylation sites (tertiary alicyclic amines) is 1. The van der Waals surface area contributed by atoms with Gasteiger partial charge in [0.1, 0.15) is 6.04 Å². The third kappa shape index (κ3) is 1.27. The first-order chi connectivity index (χ1) is 6.91. The molecule has 0 aromatic rings. The van der Waals surface area contributed by atoms with Gasteiger partial charge in [0.05, 0.1) is 7.11 Å². The van der Waals surface area contributed by atoms with Gasteiger partial charge in [0.25, 0.3) is 0 Å². The van der Waals surface area contributed by atoms with Crippen LogP contribution in [-0.2, 0) is 14.3 Å². The molecular weight excluding hydrogens is 194 g/mol. The van der Waals surface area contributed by atoms with Crippen molar-refractivity contribution in [2.45, 2.75) is 26.8 Å². The Kier molecular flexibility index (Phi) is 2.07. The van der Waals surface area contributed by atoms with Crippen molar-refractivity contribution >= 4 is 11.9 Å². The number of ether oxygens (including phenoxy) is 1. The molecular formula is C11H17NO3. The van der Waals surface area contributed by atoms with E-state index in [1.54, 1.807) is 4.90 Å². The molecule has 0 spiro atoms. The van der Waals surface area contributed by atoms with Gasteiger partial charge in [-0.1, -0.05) is 13.8 Å². The molecule has 4 nitrogen and oxygen atoms in total. The Labute approximate surface area is 89.6 Å². The van der Waals surface area contributed by atoms with Crippen molar-refractivity contribution in [1.29, 1.82) is 0 Å². The summed E-state index contributed by atoms with van der Waals surface area (Å²) in [5.74, 6) is 0.441. The first-order valence-corrected chi connectivity index (χ1v) is 5.26. The molecule has 0 aromatic heterocycles. The maximum absolute atomic E-state index is 11.6. The molecule has 1 saturated carbocycles. The fourth-order valence-corrected chi connectivity index (χ4v) is 3.00. The summed E-state index contributed by atoms with van der Waals surface area (Å²) in [6, 6.07) is -0.354. The van der Waals surface area contributed by atoms with Crippen molar-refractivity contribution in [2.75, 3.05) is 13.7 Å². The van der Waals surface area contributed by atoms with E-state index < -0.39 is 0 Å². The number of hydrogen-bond acceptors (Lipinski definition) is 3. The zero-order valence-electron chi connectivity index (χ0n) is 9.61. The van der Waals surface area contributed by atoms with Gasteiger partial charge in [-0.15, -0.1) is 0 Å². The molecule has 1 heterocycles. The van der Waals surface area contributed by atoms with Crippen molar-refractivity contribution in [3.05, 3.63) is 0 Å². The summed E-state index contributed by atoms with van der Waals surface area (Å²) in [5, 5.41) is 0. The Hall–Kier alpha value is -1.06. The lowest BCUT2D eigenvalue weighted by Crippen LogP contribution is -2.44. The lowest BCUT2D eigenvalue weighted by atomic mass is 10.0. The van der Waals surface area contributed by atoms with Crippen molar-refractivity contribution in [2.24, 2.45) is 17.3 Å². The smallest absolute Gasteiger partial charge is 0.328 e. The first kappa shape index (κ1) is 10.5. The zero-order valence-corrected chi connectivity index (χ0v) is 9.61. The summed E-state index contributed by atoms with van der Waals surface area (Å²) >= 11 is 0. The molecule has 0 N–H and O–H groups in total. The molecule has 2 fully saturated rings. The first-order valence-electron chi connectivity index (χ1n) is 5.26. The van der Waals surface area contributed by atoms with Gasteiger partial charge in [0, 0.05) is 19.4 Å². The van der Waals surface area contributed by atoms with E-state index in [-0.39, 0.29) is 29.3 Å². The van der Waals surface area contributed by atoms with Crippen LogP contribution in [-0.4, -0.2) is 36.5 Å². The van der Waals surface area contributed by atoms with Crippen LogP contribution in [0.25, 0.3) is 0 Å². The Bertz CT molecular complexity index is 324. The fraction of sp³-hybridized carbons (Fsp3) is 0.818. The van der Waals surface area contributed by atoms with Crippen LogP contribution in [0.4, 0.5) is 0 Å². The number of nitrogens with zero attached hydrogens (tertiary/aromatic N) is 1.